The number of nitrogens with zero attached hydrogens (tertiary/aromatic N) is 5. The first-order valence-corrected chi connectivity index (χ1v) is 8.83. The van der Waals surface area contributed by atoms with E-state index in [9.17, 15) is 18.4 Å². The minimum absolute atomic E-state index is 0.114. The summed E-state index contributed by atoms with van der Waals surface area (Å²) in [5.74, 6) is -2.28. The molecule has 0 bridgehead atoms. The van der Waals surface area contributed by atoms with Crippen molar-refractivity contribution in [2.75, 3.05) is 16.9 Å². The Balaban J connectivity index is 1.96. The van der Waals surface area contributed by atoms with E-state index in [1.54, 1.807) is 4.57 Å². The first-order chi connectivity index (χ1) is 14.4. The van der Waals surface area contributed by atoms with Crippen LogP contribution in [0.1, 0.15) is 12.8 Å². The van der Waals surface area contributed by atoms with E-state index >= 15 is 0 Å². The number of benzene rings is 1. The summed E-state index contributed by atoms with van der Waals surface area (Å²) in [5.41, 5.74) is 7.06. The number of amides is 3. The summed E-state index contributed by atoms with van der Waals surface area (Å²) in [6, 6.07) is 1.82. The molecule has 0 saturated heterocycles. The molecule has 30 heavy (non-hydrogen) atoms. The number of hydrazine groups is 1. The highest BCUT2D eigenvalue weighted by Crippen LogP contribution is 2.23. The zero-order valence-electron chi connectivity index (χ0n) is 15.5. The van der Waals surface area contributed by atoms with Crippen LogP contribution in [0.5, 0.6) is 0 Å². The molecule has 0 fully saturated rings. The van der Waals surface area contributed by atoms with Crippen molar-refractivity contribution in [1.29, 1.82) is 0 Å². The lowest BCUT2D eigenvalue weighted by molar-refractivity contribution is 0.192. The van der Waals surface area contributed by atoms with Gasteiger partial charge in [-0.15, -0.1) is 0 Å². The zero-order chi connectivity index (χ0) is 21.7. The predicted octanol–water partition coefficient (Wildman–Crippen LogP) is 2.06. The van der Waals surface area contributed by atoms with Crippen molar-refractivity contribution in [1.82, 2.24) is 24.9 Å². The van der Waals surface area contributed by atoms with Crippen LogP contribution in [0.15, 0.2) is 30.9 Å². The molecular formula is C17H18F2N8O3. The molecule has 0 radical (unpaired) electrons. The van der Waals surface area contributed by atoms with E-state index in [0.717, 1.165) is 37.4 Å². The van der Waals surface area contributed by atoms with Gasteiger partial charge in [0.2, 0.25) is 0 Å². The molecule has 3 amide bonds. The fraction of sp³-hybridized carbons (Fsp3) is 0.235. The smallest absolute Gasteiger partial charge is 0.424 e. The van der Waals surface area contributed by atoms with Crippen LogP contribution in [-0.4, -0.2) is 43.3 Å². The van der Waals surface area contributed by atoms with Crippen LogP contribution in [0.4, 0.5) is 29.9 Å². The summed E-state index contributed by atoms with van der Waals surface area (Å²) in [6.07, 6.45) is 2.51. The maximum absolute atomic E-state index is 13.9. The normalized spacial score (nSPS) is 10.8. The summed E-state index contributed by atoms with van der Waals surface area (Å²) in [6.45, 7) is 1.07. The number of fused-ring (bicyclic) bond motifs is 1. The van der Waals surface area contributed by atoms with Gasteiger partial charge in [0, 0.05) is 6.54 Å². The standard InChI is InChI=1S/C17H18F2N8O3/c18-10-4-3-5-11(19)12(10)24-16(28)27(25-17(29)30)15-13-14(21-8-22-15)26(9-23-13)7-2-1-6-20/h3-5,8-9,25H,1-2,6-7,20H2,(H,24,28)(H,29,30). The van der Waals surface area contributed by atoms with Crippen molar-refractivity contribution in [3.63, 3.8) is 0 Å². The number of imidazole rings is 1. The van der Waals surface area contributed by atoms with Gasteiger partial charge in [-0.25, -0.2) is 38.7 Å². The number of rotatable bonds is 6. The Morgan fingerprint density at radius 2 is 1.90 bits per heavy atom. The second-order valence-corrected chi connectivity index (χ2v) is 6.08. The number of para-hydroxylation sites is 1. The number of urea groups is 1. The van der Waals surface area contributed by atoms with Crippen LogP contribution in [0.3, 0.4) is 0 Å². The molecule has 3 rings (SSSR count). The second-order valence-electron chi connectivity index (χ2n) is 6.08. The highest BCUT2D eigenvalue weighted by Gasteiger charge is 2.26. The van der Waals surface area contributed by atoms with E-state index in [0.29, 0.717) is 23.7 Å². The van der Waals surface area contributed by atoms with Crippen LogP contribution in [0.2, 0.25) is 0 Å². The van der Waals surface area contributed by atoms with Crippen molar-refractivity contribution >= 4 is 34.8 Å². The second kappa shape index (κ2) is 9.09. The van der Waals surface area contributed by atoms with Gasteiger partial charge < -0.3 is 20.7 Å². The number of anilines is 2. The molecule has 11 nitrogen and oxygen atoms in total. The monoisotopic (exact) mass is 420 g/mol. The van der Waals surface area contributed by atoms with Crippen molar-refractivity contribution < 1.29 is 23.5 Å². The lowest BCUT2D eigenvalue weighted by Crippen LogP contribution is -2.48. The Labute approximate surface area is 168 Å². The molecule has 0 aliphatic heterocycles. The Morgan fingerprint density at radius 3 is 2.57 bits per heavy atom. The number of halogens is 2. The van der Waals surface area contributed by atoms with Crippen LogP contribution in [0, 0.1) is 11.6 Å². The molecule has 2 aromatic heterocycles. The van der Waals surface area contributed by atoms with E-state index in [2.05, 4.69) is 15.0 Å². The number of carbonyl (C=O) groups excluding carboxylic acids is 1. The molecule has 2 heterocycles. The van der Waals surface area contributed by atoms with Gasteiger partial charge >= 0.3 is 12.1 Å². The van der Waals surface area contributed by atoms with Crippen molar-refractivity contribution in [3.05, 3.63) is 42.5 Å². The van der Waals surface area contributed by atoms with E-state index in [1.807, 2.05) is 10.7 Å². The van der Waals surface area contributed by atoms with Crippen LogP contribution in [-0.2, 0) is 6.54 Å². The number of aryl methyl sites for hydroxylation is 1. The predicted molar refractivity (Wildman–Crippen MR) is 103 cm³/mol. The van der Waals surface area contributed by atoms with Gasteiger partial charge in [-0.3, -0.25) is 0 Å². The summed E-state index contributed by atoms with van der Waals surface area (Å²) >= 11 is 0. The van der Waals surface area contributed by atoms with Gasteiger partial charge in [0.25, 0.3) is 0 Å². The molecule has 3 aromatic rings. The fourth-order valence-corrected chi connectivity index (χ4v) is 2.70. The number of carboxylic acid groups (broad SMARTS) is 1. The molecular weight excluding hydrogens is 402 g/mol. The topological polar surface area (TPSA) is 151 Å². The average Bonchev–Trinajstić information content (AvgIpc) is 3.12. The van der Waals surface area contributed by atoms with Crippen molar-refractivity contribution in [2.45, 2.75) is 19.4 Å². The molecule has 1 aromatic carbocycles. The molecule has 5 N–H and O–H groups in total. The number of nitrogens with one attached hydrogen (secondary N) is 2. The first-order valence-electron chi connectivity index (χ1n) is 8.83. The Bertz CT molecular complexity index is 1050. The van der Waals surface area contributed by atoms with Crippen LogP contribution in [0.25, 0.3) is 11.2 Å². The summed E-state index contributed by atoms with van der Waals surface area (Å²) in [5, 5.41) is 11.6. The molecule has 13 heteroatoms. The van der Waals surface area contributed by atoms with Crippen molar-refractivity contribution in [2.24, 2.45) is 5.73 Å². The number of hydrogen-bond donors (Lipinski definition) is 4. The maximum atomic E-state index is 13.9. The summed E-state index contributed by atoms with van der Waals surface area (Å²) < 4.78 is 29.5. The molecule has 158 valence electrons. The fourth-order valence-electron chi connectivity index (χ4n) is 2.70. The van der Waals surface area contributed by atoms with Gasteiger partial charge in [-0.1, -0.05) is 6.07 Å². The van der Waals surface area contributed by atoms with Crippen LogP contribution < -0.4 is 21.5 Å². The molecule has 0 aliphatic carbocycles. The minimum atomic E-state index is -1.60. The third-order valence-corrected chi connectivity index (χ3v) is 4.05. The quantitative estimate of drug-likeness (QED) is 0.352. The molecule has 0 saturated carbocycles. The van der Waals surface area contributed by atoms with Gasteiger partial charge in [-0.05, 0) is 31.5 Å². The number of carbonyl (C=O) groups is 2. The third kappa shape index (κ3) is 4.41. The minimum Gasteiger partial charge on any atom is -0.464 e. The van der Waals surface area contributed by atoms with E-state index in [-0.39, 0.29) is 11.3 Å². The van der Waals surface area contributed by atoms with E-state index in [1.165, 1.54) is 6.33 Å². The van der Waals surface area contributed by atoms with Gasteiger partial charge in [0.15, 0.2) is 17.0 Å². The maximum Gasteiger partial charge on any atom is 0.424 e. The van der Waals surface area contributed by atoms with Gasteiger partial charge in [0.05, 0.1) is 6.33 Å². The Hall–Kier alpha value is -3.87. The number of hydrogen-bond acceptors (Lipinski definition) is 6. The van der Waals surface area contributed by atoms with Crippen molar-refractivity contribution in [3.8, 4) is 0 Å². The third-order valence-electron chi connectivity index (χ3n) is 4.05. The Morgan fingerprint density at radius 1 is 1.17 bits per heavy atom. The Kier molecular flexibility index (Phi) is 6.32. The molecule has 0 atom stereocenters. The highest BCUT2D eigenvalue weighted by atomic mass is 19.1. The number of unbranched alkanes of at least 4 members (excludes halogenated alkanes) is 1. The largest absolute Gasteiger partial charge is 0.464 e. The van der Waals surface area contributed by atoms with E-state index < -0.39 is 29.4 Å². The molecule has 0 aliphatic rings. The lowest BCUT2D eigenvalue weighted by Gasteiger charge is -2.21. The highest BCUT2D eigenvalue weighted by molar-refractivity contribution is 6.05. The number of aromatic nitrogens is 4. The van der Waals surface area contributed by atoms with Gasteiger partial charge in [-0.2, -0.15) is 5.01 Å². The number of nitrogens with two attached hydrogens (primary N) is 1. The average molecular weight is 420 g/mol. The SMILES string of the molecule is NCCCCn1cnc2c(N(NC(=O)O)C(=O)Nc3c(F)cccc3F)ncnc21. The zero-order valence-corrected chi connectivity index (χ0v) is 15.5. The summed E-state index contributed by atoms with van der Waals surface area (Å²) in [4.78, 5) is 36.1. The molecule has 0 spiro atoms. The van der Waals surface area contributed by atoms with Gasteiger partial charge in [0.1, 0.15) is 23.6 Å². The summed E-state index contributed by atoms with van der Waals surface area (Å²) in [7, 11) is 0. The van der Waals surface area contributed by atoms with Crippen LogP contribution >= 0.6 is 0 Å². The van der Waals surface area contributed by atoms with E-state index in [4.69, 9.17) is 10.8 Å². The first kappa shape index (κ1) is 20.9. The molecule has 0 unspecified atom stereocenters. The lowest BCUT2D eigenvalue weighted by atomic mass is 10.3.